The predicted octanol–water partition coefficient (Wildman–Crippen LogP) is 12.2. The number of furan rings is 1. The van der Waals surface area contributed by atoms with Crippen LogP contribution in [-0.4, -0.2) is 15.0 Å². The maximum Gasteiger partial charge on any atom is 0.164 e. The van der Waals surface area contributed by atoms with Gasteiger partial charge in [-0.1, -0.05) is 127 Å². The van der Waals surface area contributed by atoms with Gasteiger partial charge in [0.05, 0.1) is 0 Å². The highest BCUT2D eigenvalue weighted by Crippen LogP contribution is 2.40. The van der Waals surface area contributed by atoms with E-state index in [-0.39, 0.29) is 0 Å². The van der Waals surface area contributed by atoms with E-state index in [1.165, 1.54) is 22.3 Å². The second-order valence-electron chi connectivity index (χ2n) is 13.2. The van der Waals surface area contributed by atoms with Crippen molar-refractivity contribution in [3.05, 3.63) is 169 Å². The molecule has 9 aromatic rings. The van der Waals surface area contributed by atoms with Gasteiger partial charge in [-0.15, -0.1) is 0 Å². The van der Waals surface area contributed by atoms with E-state index in [1.807, 2.05) is 48.5 Å². The fourth-order valence-electron chi connectivity index (χ4n) is 7.34. The van der Waals surface area contributed by atoms with Crippen LogP contribution in [0.25, 0.3) is 95.2 Å². The van der Waals surface area contributed by atoms with Gasteiger partial charge in [-0.3, -0.25) is 0 Å². The maximum absolute atomic E-state index is 6.52. The third-order valence-corrected chi connectivity index (χ3v) is 9.95. The third-order valence-electron chi connectivity index (χ3n) is 9.95. The maximum atomic E-state index is 6.52. The van der Waals surface area contributed by atoms with Gasteiger partial charge in [-0.05, 0) is 93.4 Å². The normalized spacial score (nSPS) is 12.5. The molecule has 0 aliphatic heterocycles. The highest BCUT2D eigenvalue weighted by atomic mass is 16.3. The van der Waals surface area contributed by atoms with Crippen molar-refractivity contribution in [3.8, 4) is 56.4 Å². The SMILES string of the molecule is C1=Cc2cc(-c3cc(-c4nc(-c5ccccc5)nc(-c5ccc6cc(-c7ccccc7)ccc6c5)n4)c4c(c3)oc3ccccc34)ccc2CC1. The minimum Gasteiger partial charge on any atom is -0.456 e. The first-order chi connectivity index (χ1) is 25.2. The van der Waals surface area contributed by atoms with E-state index in [0.29, 0.717) is 17.5 Å². The van der Waals surface area contributed by atoms with Gasteiger partial charge in [-0.25, -0.2) is 15.0 Å². The summed E-state index contributed by atoms with van der Waals surface area (Å²) in [5, 5.41) is 4.32. The molecule has 0 bridgehead atoms. The van der Waals surface area contributed by atoms with Crippen LogP contribution in [0, 0.1) is 0 Å². The lowest BCUT2D eigenvalue weighted by atomic mass is 9.92. The van der Waals surface area contributed by atoms with Crippen molar-refractivity contribution in [2.24, 2.45) is 0 Å². The standard InChI is InChI=1S/C47H31N3O/c1-3-11-30(12-4-1)34-21-22-36-27-38(24-23-35(36)26-34)46-48-45(32-14-5-2-6-15-32)49-47(50-46)41-28-39(37-20-19-31-13-7-8-16-33(31)25-37)29-43-44(41)40-17-9-10-18-42(40)51-43/h1-6,8-12,14-29H,7,13H2. The molecule has 10 rings (SSSR count). The highest BCUT2D eigenvalue weighted by molar-refractivity contribution is 6.13. The Morgan fingerprint density at radius 3 is 1.92 bits per heavy atom. The number of hydrogen-bond acceptors (Lipinski definition) is 4. The van der Waals surface area contributed by atoms with E-state index < -0.39 is 0 Å². The molecule has 4 nitrogen and oxygen atoms in total. The summed E-state index contributed by atoms with van der Waals surface area (Å²) in [6, 6.07) is 53.0. The van der Waals surface area contributed by atoms with Crippen LogP contribution in [-0.2, 0) is 6.42 Å². The summed E-state index contributed by atoms with van der Waals surface area (Å²) in [4.78, 5) is 15.5. The molecule has 0 spiro atoms. The average molecular weight is 654 g/mol. The Morgan fingerprint density at radius 2 is 1.10 bits per heavy atom. The first-order valence-corrected chi connectivity index (χ1v) is 17.4. The van der Waals surface area contributed by atoms with Crippen molar-refractivity contribution in [2.45, 2.75) is 12.8 Å². The Hall–Kier alpha value is -6.65. The molecule has 0 fully saturated rings. The summed E-state index contributed by atoms with van der Waals surface area (Å²) in [6.07, 6.45) is 6.64. The molecule has 0 amide bonds. The summed E-state index contributed by atoms with van der Waals surface area (Å²) in [7, 11) is 0. The van der Waals surface area contributed by atoms with Gasteiger partial charge in [0.2, 0.25) is 0 Å². The van der Waals surface area contributed by atoms with E-state index in [0.717, 1.165) is 73.4 Å². The lowest BCUT2D eigenvalue weighted by Crippen LogP contribution is -2.01. The van der Waals surface area contributed by atoms with Crippen LogP contribution >= 0.6 is 0 Å². The number of aryl methyl sites for hydroxylation is 1. The van der Waals surface area contributed by atoms with E-state index in [1.54, 1.807) is 0 Å². The number of nitrogens with zero attached hydrogens (tertiary/aromatic N) is 3. The molecule has 51 heavy (non-hydrogen) atoms. The van der Waals surface area contributed by atoms with Crippen LogP contribution in [0.2, 0.25) is 0 Å². The quantitative estimate of drug-likeness (QED) is 0.185. The van der Waals surface area contributed by atoms with Crippen molar-refractivity contribution in [1.29, 1.82) is 0 Å². The minimum atomic E-state index is 0.606. The Balaban J connectivity index is 1.18. The molecule has 1 aliphatic rings. The zero-order valence-electron chi connectivity index (χ0n) is 27.8. The number of para-hydroxylation sites is 1. The van der Waals surface area contributed by atoms with Crippen molar-refractivity contribution < 1.29 is 4.42 Å². The van der Waals surface area contributed by atoms with Crippen LogP contribution in [0.5, 0.6) is 0 Å². The van der Waals surface area contributed by atoms with Crippen LogP contribution < -0.4 is 0 Å². The van der Waals surface area contributed by atoms with E-state index in [9.17, 15) is 0 Å². The van der Waals surface area contributed by atoms with Gasteiger partial charge in [0.25, 0.3) is 0 Å². The number of hydrogen-bond donors (Lipinski definition) is 0. The summed E-state index contributed by atoms with van der Waals surface area (Å²) < 4.78 is 6.52. The molecule has 1 aliphatic carbocycles. The molecule has 2 aromatic heterocycles. The average Bonchev–Trinajstić information content (AvgIpc) is 3.59. The zero-order valence-corrected chi connectivity index (χ0v) is 27.8. The number of rotatable bonds is 5. The molecule has 4 heteroatoms. The van der Waals surface area contributed by atoms with Crippen molar-refractivity contribution >= 4 is 38.8 Å². The molecule has 240 valence electrons. The molecular formula is C47H31N3O. The molecule has 0 atom stereocenters. The fraction of sp³-hybridized carbons (Fsp3) is 0.0426. The largest absolute Gasteiger partial charge is 0.456 e. The summed E-state index contributed by atoms with van der Waals surface area (Å²) >= 11 is 0. The second kappa shape index (κ2) is 12.0. The van der Waals surface area contributed by atoms with E-state index in [4.69, 9.17) is 19.4 Å². The van der Waals surface area contributed by atoms with Gasteiger partial charge in [-0.2, -0.15) is 0 Å². The van der Waals surface area contributed by atoms with Crippen LogP contribution in [0.4, 0.5) is 0 Å². The Labute approximate surface area is 295 Å². The number of benzene rings is 7. The topological polar surface area (TPSA) is 51.8 Å². The smallest absolute Gasteiger partial charge is 0.164 e. The highest BCUT2D eigenvalue weighted by Gasteiger charge is 2.20. The summed E-state index contributed by atoms with van der Waals surface area (Å²) in [5.74, 6) is 1.85. The van der Waals surface area contributed by atoms with Crippen LogP contribution in [0.15, 0.2) is 162 Å². The summed E-state index contributed by atoms with van der Waals surface area (Å²) in [5.41, 5.74) is 11.6. The minimum absolute atomic E-state index is 0.606. The first kappa shape index (κ1) is 29.3. The third kappa shape index (κ3) is 5.29. The summed E-state index contributed by atoms with van der Waals surface area (Å²) in [6.45, 7) is 0. The predicted molar refractivity (Wildman–Crippen MR) is 209 cm³/mol. The number of fused-ring (bicyclic) bond motifs is 5. The molecule has 2 heterocycles. The van der Waals surface area contributed by atoms with E-state index in [2.05, 4.69) is 115 Å². The van der Waals surface area contributed by atoms with Gasteiger partial charge >= 0.3 is 0 Å². The molecule has 0 radical (unpaired) electrons. The zero-order chi connectivity index (χ0) is 33.7. The Kier molecular flexibility index (Phi) is 6.91. The molecule has 0 N–H and O–H groups in total. The molecular weight excluding hydrogens is 623 g/mol. The van der Waals surface area contributed by atoms with Crippen LogP contribution in [0.3, 0.4) is 0 Å². The van der Waals surface area contributed by atoms with Crippen molar-refractivity contribution in [3.63, 3.8) is 0 Å². The van der Waals surface area contributed by atoms with Crippen LogP contribution in [0.1, 0.15) is 17.5 Å². The monoisotopic (exact) mass is 653 g/mol. The Morgan fingerprint density at radius 1 is 0.451 bits per heavy atom. The Bertz CT molecular complexity index is 2800. The lowest BCUT2D eigenvalue weighted by molar-refractivity contribution is 0.669. The number of allylic oxidation sites excluding steroid dienone is 1. The number of aromatic nitrogens is 3. The molecule has 7 aromatic carbocycles. The van der Waals surface area contributed by atoms with Crippen molar-refractivity contribution in [2.75, 3.05) is 0 Å². The van der Waals surface area contributed by atoms with Gasteiger partial charge in [0, 0.05) is 27.5 Å². The van der Waals surface area contributed by atoms with Gasteiger partial charge in [0.1, 0.15) is 11.2 Å². The van der Waals surface area contributed by atoms with Gasteiger partial charge < -0.3 is 4.42 Å². The molecule has 0 saturated heterocycles. The molecule has 0 saturated carbocycles. The lowest BCUT2D eigenvalue weighted by Gasteiger charge is -2.14. The molecule has 0 unspecified atom stereocenters. The first-order valence-electron chi connectivity index (χ1n) is 17.4. The second-order valence-corrected chi connectivity index (χ2v) is 13.2. The van der Waals surface area contributed by atoms with Crippen molar-refractivity contribution in [1.82, 2.24) is 15.0 Å². The van der Waals surface area contributed by atoms with E-state index >= 15 is 0 Å². The fourth-order valence-corrected chi connectivity index (χ4v) is 7.34. The van der Waals surface area contributed by atoms with Gasteiger partial charge in [0.15, 0.2) is 17.5 Å².